The minimum Gasteiger partial charge on any atom is -0.352 e. The molecule has 90 valence electrons. The maximum absolute atomic E-state index is 10.7. The molecule has 0 radical (unpaired) electrons. The first-order valence-corrected chi connectivity index (χ1v) is 5.83. The molecule has 3 heterocycles. The van der Waals surface area contributed by atoms with Gasteiger partial charge in [-0.15, -0.1) is 0 Å². The molecule has 2 aliphatic heterocycles. The summed E-state index contributed by atoms with van der Waals surface area (Å²) in [6.45, 7) is 2.95. The molecule has 1 aromatic heterocycles. The van der Waals surface area contributed by atoms with Gasteiger partial charge in [-0.1, -0.05) is 0 Å². The Balaban J connectivity index is 1.88. The van der Waals surface area contributed by atoms with Crippen LogP contribution in [0.2, 0.25) is 0 Å². The Morgan fingerprint density at radius 1 is 1.53 bits per heavy atom. The molecule has 0 aliphatic carbocycles. The quantitative estimate of drug-likeness (QED) is 0.605. The third-order valence-electron chi connectivity index (χ3n) is 3.68. The van der Waals surface area contributed by atoms with E-state index < -0.39 is 0 Å². The van der Waals surface area contributed by atoms with Crippen LogP contribution in [0.15, 0.2) is 18.3 Å². The first-order valence-electron chi connectivity index (χ1n) is 5.83. The van der Waals surface area contributed by atoms with Gasteiger partial charge in [0.25, 0.3) is 5.69 Å². The fourth-order valence-corrected chi connectivity index (χ4v) is 2.81. The summed E-state index contributed by atoms with van der Waals surface area (Å²) in [7, 11) is 0. The summed E-state index contributed by atoms with van der Waals surface area (Å²) in [4.78, 5) is 16.8. The molecule has 17 heavy (non-hydrogen) atoms. The topological polar surface area (TPSA) is 71.3 Å². The molecule has 0 spiro atoms. The van der Waals surface area contributed by atoms with E-state index in [0.717, 1.165) is 31.9 Å². The van der Waals surface area contributed by atoms with Gasteiger partial charge in [0.05, 0.1) is 11.0 Å². The van der Waals surface area contributed by atoms with Crippen molar-refractivity contribution in [2.45, 2.75) is 12.5 Å². The largest absolute Gasteiger partial charge is 0.352 e. The van der Waals surface area contributed by atoms with Crippen molar-refractivity contribution in [1.29, 1.82) is 0 Å². The van der Waals surface area contributed by atoms with Gasteiger partial charge in [0.1, 0.15) is 5.82 Å². The van der Waals surface area contributed by atoms with Crippen molar-refractivity contribution < 1.29 is 4.92 Å². The molecule has 1 N–H and O–H groups in total. The van der Waals surface area contributed by atoms with E-state index >= 15 is 0 Å². The lowest BCUT2D eigenvalue weighted by Gasteiger charge is -2.24. The standard InChI is InChI=1S/C11H14N4O2/c16-15(17)9-1-3-13-11(5-9)14-4-2-8-6-12-7-10(8)14/h1,3,5,8,10,12H,2,4,6-7H2/t8-,10+/m0/s1. The number of aromatic nitrogens is 1. The third kappa shape index (κ3) is 1.74. The predicted octanol–water partition coefficient (Wildman–Crippen LogP) is 0.788. The number of hydrogen-bond donors (Lipinski definition) is 1. The van der Waals surface area contributed by atoms with E-state index in [1.807, 2.05) is 0 Å². The fraction of sp³-hybridized carbons (Fsp3) is 0.545. The van der Waals surface area contributed by atoms with Crippen LogP contribution in [0.3, 0.4) is 0 Å². The number of hydrogen-bond acceptors (Lipinski definition) is 5. The zero-order valence-electron chi connectivity index (χ0n) is 9.37. The van der Waals surface area contributed by atoms with Gasteiger partial charge in [-0.25, -0.2) is 4.98 Å². The van der Waals surface area contributed by atoms with E-state index in [-0.39, 0.29) is 10.6 Å². The highest BCUT2D eigenvalue weighted by Gasteiger charge is 2.38. The Bertz CT molecular complexity index is 451. The fourth-order valence-electron chi connectivity index (χ4n) is 2.81. The Hall–Kier alpha value is -1.69. The van der Waals surface area contributed by atoms with Gasteiger partial charge in [-0.05, 0) is 12.3 Å². The molecule has 0 bridgehead atoms. The van der Waals surface area contributed by atoms with Gasteiger partial charge in [0, 0.05) is 37.9 Å². The van der Waals surface area contributed by atoms with Gasteiger partial charge in [0.2, 0.25) is 0 Å². The van der Waals surface area contributed by atoms with Crippen molar-refractivity contribution in [3.8, 4) is 0 Å². The second kappa shape index (κ2) is 3.96. The Kier molecular flexibility index (Phi) is 2.44. The highest BCUT2D eigenvalue weighted by molar-refractivity contribution is 5.49. The van der Waals surface area contributed by atoms with Crippen LogP contribution in [-0.2, 0) is 0 Å². The van der Waals surface area contributed by atoms with E-state index in [4.69, 9.17) is 0 Å². The van der Waals surface area contributed by atoms with Gasteiger partial charge in [-0.3, -0.25) is 10.1 Å². The molecule has 2 atom stereocenters. The number of fused-ring (bicyclic) bond motifs is 1. The number of nitrogens with one attached hydrogen (secondary N) is 1. The monoisotopic (exact) mass is 234 g/mol. The second-order valence-corrected chi connectivity index (χ2v) is 4.60. The molecule has 2 fully saturated rings. The van der Waals surface area contributed by atoms with E-state index in [0.29, 0.717) is 12.0 Å². The normalized spacial score (nSPS) is 27.2. The second-order valence-electron chi connectivity index (χ2n) is 4.60. The summed E-state index contributed by atoms with van der Waals surface area (Å²) in [6, 6.07) is 3.45. The summed E-state index contributed by atoms with van der Waals surface area (Å²) < 4.78 is 0. The SMILES string of the molecule is O=[N+]([O-])c1ccnc(N2CC[C@H]3CNC[C@H]32)c1. The van der Waals surface area contributed by atoms with Crippen LogP contribution in [0, 0.1) is 16.0 Å². The van der Waals surface area contributed by atoms with Crippen LogP contribution < -0.4 is 10.2 Å². The lowest BCUT2D eigenvalue weighted by Crippen LogP contribution is -2.34. The smallest absolute Gasteiger partial charge is 0.274 e. The number of nitrogens with zero attached hydrogens (tertiary/aromatic N) is 3. The number of nitro groups is 1. The van der Waals surface area contributed by atoms with E-state index in [2.05, 4.69) is 15.2 Å². The molecule has 1 aromatic rings. The maximum Gasteiger partial charge on any atom is 0.274 e. The van der Waals surface area contributed by atoms with Crippen LogP contribution in [0.25, 0.3) is 0 Å². The molecule has 6 heteroatoms. The van der Waals surface area contributed by atoms with Crippen LogP contribution in [0.5, 0.6) is 0 Å². The van der Waals surface area contributed by atoms with E-state index in [1.54, 1.807) is 6.07 Å². The van der Waals surface area contributed by atoms with Gasteiger partial charge in [0.15, 0.2) is 0 Å². The van der Waals surface area contributed by atoms with Gasteiger partial charge < -0.3 is 10.2 Å². The Labute approximate surface area is 98.8 Å². The minimum absolute atomic E-state index is 0.115. The molecule has 0 aromatic carbocycles. The summed E-state index contributed by atoms with van der Waals surface area (Å²) >= 11 is 0. The van der Waals surface area contributed by atoms with Gasteiger partial charge in [-0.2, -0.15) is 0 Å². The molecule has 0 amide bonds. The first kappa shape index (κ1) is 10.5. The predicted molar refractivity (Wildman–Crippen MR) is 63.0 cm³/mol. The van der Waals surface area contributed by atoms with Crippen LogP contribution >= 0.6 is 0 Å². The van der Waals surface area contributed by atoms with Crippen molar-refractivity contribution >= 4 is 11.5 Å². The van der Waals surface area contributed by atoms with Gasteiger partial charge >= 0.3 is 0 Å². The average Bonchev–Trinajstić information content (AvgIpc) is 2.90. The molecule has 0 unspecified atom stereocenters. The highest BCUT2D eigenvalue weighted by atomic mass is 16.6. The highest BCUT2D eigenvalue weighted by Crippen LogP contribution is 2.31. The van der Waals surface area contributed by atoms with Crippen molar-refractivity contribution in [2.24, 2.45) is 5.92 Å². The summed E-state index contributed by atoms with van der Waals surface area (Å²) in [5, 5.41) is 14.1. The van der Waals surface area contributed by atoms with Crippen molar-refractivity contribution in [3.05, 3.63) is 28.4 Å². The van der Waals surface area contributed by atoms with E-state index in [9.17, 15) is 10.1 Å². The number of rotatable bonds is 2. The third-order valence-corrected chi connectivity index (χ3v) is 3.68. The number of pyridine rings is 1. The number of anilines is 1. The van der Waals surface area contributed by atoms with Crippen molar-refractivity contribution in [1.82, 2.24) is 10.3 Å². The summed E-state index contributed by atoms with van der Waals surface area (Å²) in [5.74, 6) is 1.39. The average molecular weight is 234 g/mol. The van der Waals surface area contributed by atoms with Crippen LogP contribution in [-0.4, -0.2) is 35.6 Å². The molecule has 6 nitrogen and oxygen atoms in total. The summed E-state index contributed by atoms with van der Waals surface area (Å²) in [6.07, 6.45) is 2.66. The Morgan fingerprint density at radius 3 is 3.24 bits per heavy atom. The Morgan fingerprint density at radius 2 is 2.41 bits per heavy atom. The minimum atomic E-state index is -0.369. The zero-order valence-corrected chi connectivity index (χ0v) is 9.37. The van der Waals surface area contributed by atoms with E-state index in [1.165, 1.54) is 12.3 Å². The zero-order chi connectivity index (χ0) is 11.8. The lowest BCUT2D eigenvalue weighted by atomic mass is 10.1. The molecule has 2 saturated heterocycles. The van der Waals surface area contributed by atoms with Crippen molar-refractivity contribution in [3.63, 3.8) is 0 Å². The maximum atomic E-state index is 10.7. The molecular formula is C11H14N4O2. The molecule has 3 rings (SSSR count). The lowest BCUT2D eigenvalue weighted by molar-refractivity contribution is -0.384. The van der Waals surface area contributed by atoms with Crippen LogP contribution in [0.1, 0.15) is 6.42 Å². The van der Waals surface area contributed by atoms with Crippen LogP contribution in [0.4, 0.5) is 11.5 Å². The molecule has 0 saturated carbocycles. The first-order chi connectivity index (χ1) is 8.25. The summed E-state index contributed by atoms with van der Waals surface area (Å²) in [5.41, 5.74) is 0.115. The molecule has 2 aliphatic rings. The van der Waals surface area contributed by atoms with Crippen molar-refractivity contribution in [2.75, 3.05) is 24.5 Å². The molecular weight excluding hydrogens is 220 g/mol.